The molecule has 0 saturated carbocycles. The zero-order chi connectivity index (χ0) is 28.5. The monoisotopic (exact) mass is 578 g/mol. The number of fused-ring (bicyclic) bond motifs is 1. The van der Waals surface area contributed by atoms with E-state index in [9.17, 15) is 8.78 Å². The molecular weight excluding hydrogens is 546 g/mol. The molecule has 0 atom stereocenters. The van der Waals surface area contributed by atoms with Crippen molar-refractivity contribution in [3.63, 3.8) is 0 Å². The van der Waals surface area contributed by atoms with Crippen LogP contribution in [-0.2, 0) is 24.4 Å². The van der Waals surface area contributed by atoms with E-state index in [-0.39, 0.29) is 12.1 Å². The Morgan fingerprint density at radius 3 is 2.41 bits per heavy atom. The van der Waals surface area contributed by atoms with Gasteiger partial charge in [0.2, 0.25) is 5.88 Å². The highest BCUT2D eigenvalue weighted by Crippen LogP contribution is 2.46. The zero-order valence-electron chi connectivity index (χ0n) is 23.0. The molecule has 0 aliphatic carbocycles. The standard InChI is InChI=1S/C30H32F2N6O2S/c1-36(2)12-22-23-13-37(27-10-11-28(35-34-27)40-17-19-15-39-16-19)18-38(14-24-25(31)4-3-5-26(24)32)30(23)41-29(22)20-6-8-21(33)9-7-20/h3-11,19H,12-18,33H2,1-2H3. The molecule has 2 aromatic carbocycles. The van der Waals surface area contributed by atoms with E-state index in [4.69, 9.17) is 15.2 Å². The molecule has 2 aliphatic heterocycles. The quantitative estimate of drug-likeness (QED) is 0.274. The SMILES string of the molecule is CN(C)Cc1c(-c2ccc(N)cc2)sc2c1CN(c1ccc(OCC3COC3)nn1)CN2Cc1c(F)cccc1F. The summed E-state index contributed by atoms with van der Waals surface area (Å²) >= 11 is 1.64. The summed E-state index contributed by atoms with van der Waals surface area (Å²) in [6, 6.07) is 15.5. The number of aromatic nitrogens is 2. The third-order valence-electron chi connectivity index (χ3n) is 7.25. The molecule has 1 fully saturated rings. The smallest absolute Gasteiger partial charge is 0.233 e. The van der Waals surface area contributed by atoms with E-state index >= 15 is 0 Å². The van der Waals surface area contributed by atoms with Crippen molar-refractivity contribution in [2.24, 2.45) is 5.92 Å². The summed E-state index contributed by atoms with van der Waals surface area (Å²) in [6.07, 6.45) is 0. The number of ether oxygens (including phenoxy) is 2. The van der Waals surface area contributed by atoms with Gasteiger partial charge in [0, 0.05) is 46.8 Å². The average molecular weight is 579 g/mol. The lowest BCUT2D eigenvalue weighted by molar-refractivity contribution is -0.0515. The molecule has 0 bridgehead atoms. The summed E-state index contributed by atoms with van der Waals surface area (Å²) in [5, 5.41) is 9.75. The van der Waals surface area contributed by atoms with Gasteiger partial charge in [0.05, 0.1) is 38.0 Å². The second-order valence-corrected chi connectivity index (χ2v) is 11.7. The Morgan fingerprint density at radius 2 is 1.78 bits per heavy atom. The van der Waals surface area contributed by atoms with Crippen LogP contribution in [0.15, 0.2) is 54.6 Å². The van der Waals surface area contributed by atoms with Crippen LogP contribution in [-0.4, -0.2) is 55.7 Å². The van der Waals surface area contributed by atoms with Crippen LogP contribution in [0.4, 0.5) is 25.3 Å². The van der Waals surface area contributed by atoms with Gasteiger partial charge in [-0.2, -0.15) is 0 Å². The van der Waals surface area contributed by atoms with Gasteiger partial charge < -0.3 is 29.9 Å². The third-order valence-corrected chi connectivity index (χ3v) is 8.64. The van der Waals surface area contributed by atoms with Gasteiger partial charge in [-0.05, 0) is 55.6 Å². The summed E-state index contributed by atoms with van der Waals surface area (Å²) < 4.78 is 40.6. The Hall–Kier alpha value is -3.80. The maximum absolute atomic E-state index is 14.8. The van der Waals surface area contributed by atoms with Crippen molar-refractivity contribution in [2.45, 2.75) is 19.6 Å². The van der Waals surface area contributed by atoms with Gasteiger partial charge >= 0.3 is 0 Å². The molecule has 6 rings (SSSR count). The summed E-state index contributed by atoms with van der Waals surface area (Å²) in [5.41, 5.74) is 10.0. The molecule has 2 aliphatic rings. The lowest BCUT2D eigenvalue weighted by Gasteiger charge is -2.37. The number of nitrogens with two attached hydrogens (primary N) is 1. The van der Waals surface area contributed by atoms with Gasteiger partial charge in [-0.3, -0.25) is 0 Å². The molecule has 2 N–H and O–H groups in total. The molecule has 4 aromatic rings. The number of hydrogen-bond acceptors (Lipinski definition) is 9. The van der Waals surface area contributed by atoms with Crippen LogP contribution in [0.25, 0.3) is 10.4 Å². The van der Waals surface area contributed by atoms with Crippen molar-refractivity contribution in [2.75, 3.05) is 56.1 Å². The van der Waals surface area contributed by atoms with Crippen LogP contribution in [0.3, 0.4) is 0 Å². The van der Waals surface area contributed by atoms with Gasteiger partial charge in [-0.1, -0.05) is 18.2 Å². The van der Waals surface area contributed by atoms with E-state index in [0.717, 1.165) is 21.0 Å². The van der Waals surface area contributed by atoms with Crippen molar-refractivity contribution in [1.82, 2.24) is 15.1 Å². The van der Waals surface area contributed by atoms with E-state index in [1.165, 1.54) is 23.8 Å². The van der Waals surface area contributed by atoms with E-state index in [1.807, 2.05) is 55.4 Å². The van der Waals surface area contributed by atoms with Gasteiger partial charge in [-0.25, -0.2) is 8.78 Å². The maximum atomic E-state index is 14.8. The largest absolute Gasteiger partial charge is 0.476 e. The molecule has 0 amide bonds. The second kappa shape index (κ2) is 11.6. The van der Waals surface area contributed by atoms with Gasteiger partial charge in [0.1, 0.15) is 11.6 Å². The number of nitrogens with zero attached hydrogens (tertiary/aromatic N) is 5. The van der Waals surface area contributed by atoms with Gasteiger partial charge in [0.25, 0.3) is 0 Å². The first-order valence-electron chi connectivity index (χ1n) is 13.5. The number of rotatable bonds is 9. The molecule has 0 spiro atoms. The van der Waals surface area contributed by atoms with E-state index < -0.39 is 11.6 Å². The van der Waals surface area contributed by atoms with Crippen LogP contribution < -0.4 is 20.3 Å². The predicted molar refractivity (Wildman–Crippen MR) is 157 cm³/mol. The lowest BCUT2D eigenvalue weighted by atomic mass is 10.0. The molecule has 4 heterocycles. The summed E-state index contributed by atoms with van der Waals surface area (Å²) in [4.78, 5) is 7.34. The fraction of sp³-hybridized carbons (Fsp3) is 0.333. The number of hydrogen-bond donors (Lipinski definition) is 1. The summed E-state index contributed by atoms with van der Waals surface area (Å²) in [7, 11) is 4.06. The normalized spacial score (nSPS) is 15.2. The van der Waals surface area contributed by atoms with Crippen molar-refractivity contribution < 1.29 is 18.3 Å². The summed E-state index contributed by atoms with van der Waals surface area (Å²) in [6.45, 7) is 3.68. The van der Waals surface area contributed by atoms with E-state index in [0.29, 0.717) is 62.9 Å². The first-order chi connectivity index (χ1) is 19.9. The molecule has 41 heavy (non-hydrogen) atoms. The highest BCUT2D eigenvalue weighted by molar-refractivity contribution is 7.19. The first kappa shape index (κ1) is 27.4. The fourth-order valence-corrected chi connectivity index (χ4v) is 6.38. The highest BCUT2D eigenvalue weighted by Gasteiger charge is 2.32. The molecule has 0 unspecified atom stereocenters. The number of halogens is 2. The Morgan fingerprint density at radius 1 is 1.02 bits per heavy atom. The molecule has 0 radical (unpaired) electrons. The highest BCUT2D eigenvalue weighted by atomic mass is 32.1. The van der Waals surface area contributed by atoms with Crippen molar-refractivity contribution in [3.8, 4) is 16.3 Å². The Bertz CT molecular complexity index is 1490. The minimum Gasteiger partial charge on any atom is -0.476 e. The molecule has 1 saturated heterocycles. The average Bonchev–Trinajstić information content (AvgIpc) is 3.28. The van der Waals surface area contributed by atoms with Crippen LogP contribution >= 0.6 is 11.3 Å². The summed E-state index contributed by atoms with van der Waals surface area (Å²) in [5.74, 6) is 0.368. The minimum atomic E-state index is -0.564. The number of nitrogen functional groups attached to an aromatic ring is 1. The maximum Gasteiger partial charge on any atom is 0.233 e. The predicted octanol–water partition coefficient (Wildman–Crippen LogP) is 5.14. The molecule has 11 heteroatoms. The van der Waals surface area contributed by atoms with Crippen LogP contribution in [0, 0.1) is 17.6 Å². The molecule has 2 aromatic heterocycles. The van der Waals surface area contributed by atoms with Crippen LogP contribution in [0.1, 0.15) is 16.7 Å². The minimum absolute atomic E-state index is 0.0340. The Kier molecular flexibility index (Phi) is 7.74. The van der Waals surface area contributed by atoms with E-state index in [1.54, 1.807) is 11.3 Å². The molecule has 214 valence electrons. The third kappa shape index (κ3) is 5.83. The molecular formula is C30H32F2N6O2S. The fourth-order valence-electron chi connectivity index (χ4n) is 5.06. The first-order valence-corrected chi connectivity index (χ1v) is 14.3. The van der Waals surface area contributed by atoms with Crippen LogP contribution in [0.2, 0.25) is 0 Å². The van der Waals surface area contributed by atoms with Crippen molar-refractivity contribution in [3.05, 3.63) is 82.9 Å². The Balaban J connectivity index is 1.37. The second-order valence-electron chi connectivity index (χ2n) is 10.7. The van der Waals surface area contributed by atoms with E-state index in [2.05, 4.69) is 20.0 Å². The van der Waals surface area contributed by atoms with Crippen molar-refractivity contribution >= 4 is 27.8 Å². The van der Waals surface area contributed by atoms with Crippen molar-refractivity contribution in [1.29, 1.82) is 0 Å². The number of thiophene rings is 1. The number of benzene rings is 2. The zero-order valence-corrected chi connectivity index (χ0v) is 23.8. The number of anilines is 3. The Labute approximate surface area is 241 Å². The molecule has 8 nitrogen and oxygen atoms in total. The lowest BCUT2D eigenvalue weighted by Crippen LogP contribution is -2.42. The topological polar surface area (TPSA) is 80.0 Å². The van der Waals surface area contributed by atoms with Crippen LogP contribution in [0.5, 0.6) is 5.88 Å². The van der Waals surface area contributed by atoms with Gasteiger partial charge in [-0.15, -0.1) is 21.5 Å². The van der Waals surface area contributed by atoms with Gasteiger partial charge in [0.15, 0.2) is 5.82 Å².